The van der Waals surface area contributed by atoms with Gasteiger partial charge in [-0.3, -0.25) is 19.7 Å². The molecule has 3 atom stereocenters. The summed E-state index contributed by atoms with van der Waals surface area (Å²) in [5, 5.41) is 35.1. The number of rotatable bonds is 11. The molecule has 1 fully saturated rings. The Balaban J connectivity index is 1.40. The molecule has 4 rings (SSSR count). The third-order valence-electron chi connectivity index (χ3n) is 5.66. The van der Waals surface area contributed by atoms with Gasteiger partial charge >= 0.3 is 5.97 Å². The number of nitro groups is 1. The predicted molar refractivity (Wildman–Crippen MR) is 123 cm³/mol. The van der Waals surface area contributed by atoms with E-state index in [1.165, 1.54) is 40.3 Å². The second-order valence-electron chi connectivity index (χ2n) is 7.94. The molecule has 0 spiro atoms. The van der Waals surface area contributed by atoms with Gasteiger partial charge in [0.05, 0.1) is 34.6 Å². The number of nitro benzene ring substituents is 1. The van der Waals surface area contributed by atoms with Crippen LogP contribution < -0.4 is 10.6 Å². The van der Waals surface area contributed by atoms with E-state index in [2.05, 4.69) is 25.9 Å². The molecule has 1 aromatic carbocycles. The average molecular weight is 516 g/mol. The molecule has 14 nitrogen and oxygen atoms in total. The molecule has 1 aliphatic rings. The lowest BCUT2D eigenvalue weighted by Crippen LogP contribution is -2.50. The fourth-order valence-corrected chi connectivity index (χ4v) is 4.13. The standard InChI is InChI=1S/C21H21N7O7S/c1-2-21(20(31)32)17(35-21)19(30)24-16(7-12-10-36-11-23-12)18(29)22-8-13-9-27(26-25-13)14-3-5-15(6-4-14)28(33)34/h3-6,9-11,16-17H,2,7-8H2,1H3,(H,22,29)(H,24,30)(H,31,32)/t16-,17?,21?/m0/s1. The molecule has 0 bridgehead atoms. The first-order valence-electron chi connectivity index (χ1n) is 10.8. The number of amides is 2. The van der Waals surface area contributed by atoms with Crippen LogP contribution in [0.15, 0.2) is 41.4 Å². The lowest BCUT2D eigenvalue weighted by Gasteiger charge is -2.17. The molecule has 0 saturated carbocycles. The minimum Gasteiger partial charge on any atom is -0.479 e. The van der Waals surface area contributed by atoms with Crippen molar-refractivity contribution < 1.29 is 29.2 Å². The van der Waals surface area contributed by atoms with Crippen LogP contribution in [0.4, 0.5) is 5.69 Å². The number of ether oxygens (including phenoxy) is 1. The molecule has 0 aliphatic carbocycles. The summed E-state index contributed by atoms with van der Waals surface area (Å²) in [5.41, 5.74) is 1.49. The van der Waals surface area contributed by atoms with Crippen LogP contribution >= 0.6 is 11.3 Å². The van der Waals surface area contributed by atoms with Crippen LogP contribution in [0.2, 0.25) is 0 Å². The zero-order chi connectivity index (χ0) is 25.9. The lowest BCUT2D eigenvalue weighted by molar-refractivity contribution is -0.384. The number of aliphatic carboxylic acids is 1. The van der Waals surface area contributed by atoms with Crippen molar-refractivity contribution in [1.82, 2.24) is 30.6 Å². The van der Waals surface area contributed by atoms with E-state index >= 15 is 0 Å². The van der Waals surface area contributed by atoms with E-state index in [1.807, 2.05) is 0 Å². The molecule has 2 amide bonds. The van der Waals surface area contributed by atoms with Gasteiger partial charge in [-0.1, -0.05) is 12.1 Å². The summed E-state index contributed by atoms with van der Waals surface area (Å²) in [6.45, 7) is 1.59. The average Bonchev–Trinajstić information content (AvgIpc) is 3.16. The van der Waals surface area contributed by atoms with Crippen molar-refractivity contribution >= 4 is 34.8 Å². The quantitative estimate of drug-likeness (QED) is 0.185. The van der Waals surface area contributed by atoms with E-state index in [0.717, 1.165) is 0 Å². The Kier molecular flexibility index (Phi) is 7.03. The van der Waals surface area contributed by atoms with Gasteiger partial charge in [0.2, 0.25) is 11.5 Å². The normalized spacial score (nSPS) is 19.3. The van der Waals surface area contributed by atoms with Gasteiger partial charge in [-0.25, -0.2) is 14.5 Å². The van der Waals surface area contributed by atoms with Crippen molar-refractivity contribution in [2.75, 3.05) is 0 Å². The van der Waals surface area contributed by atoms with Crippen LogP contribution in [-0.2, 0) is 32.1 Å². The maximum Gasteiger partial charge on any atom is 0.339 e. The number of nitrogens with one attached hydrogen (secondary N) is 2. The Labute approximate surface area is 207 Å². The number of carboxylic acid groups (broad SMARTS) is 1. The van der Waals surface area contributed by atoms with Crippen LogP contribution in [-0.4, -0.2) is 65.5 Å². The number of carbonyl (C=O) groups is 3. The van der Waals surface area contributed by atoms with Gasteiger partial charge in [0.25, 0.3) is 11.6 Å². The Morgan fingerprint density at radius 2 is 2.06 bits per heavy atom. The van der Waals surface area contributed by atoms with E-state index in [4.69, 9.17) is 4.74 Å². The van der Waals surface area contributed by atoms with E-state index in [1.54, 1.807) is 24.0 Å². The highest BCUT2D eigenvalue weighted by Gasteiger charge is 2.65. The third-order valence-corrected chi connectivity index (χ3v) is 6.29. The first-order chi connectivity index (χ1) is 17.2. The summed E-state index contributed by atoms with van der Waals surface area (Å²) in [7, 11) is 0. The predicted octanol–water partition coefficient (Wildman–Crippen LogP) is 0.608. The number of non-ortho nitro benzene ring substituents is 1. The van der Waals surface area contributed by atoms with Crippen LogP contribution in [0.3, 0.4) is 0 Å². The van der Waals surface area contributed by atoms with Crippen molar-refractivity contribution in [1.29, 1.82) is 0 Å². The number of thiazole rings is 1. The molecule has 2 unspecified atom stereocenters. The van der Waals surface area contributed by atoms with E-state index < -0.39 is 40.5 Å². The maximum absolute atomic E-state index is 12.9. The first-order valence-corrected chi connectivity index (χ1v) is 11.7. The summed E-state index contributed by atoms with van der Waals surface area (Å²) < 4.78 is 6.58. The monoisotopic (exact) mass is 515 g/mol. The second kappa shape index (κ2) is 10.2. The molecular weight excluding hydrogens is 494 g/mol. The number of carboxylic acids is 1. The summed E-state index contributed by atoms with van der Waals surface area (Å²) in [6, 6.07) is 4.68. The Hall–Kier alpha value is -4.24. The Morgan fingerprint density at radius 1 is 1.31 bits per heavy atom. The van der Waals surface area contributed by atoms with Gasteiger partial charge in [-0.05, 0) is 18.6 Å². The van der Waals surface area contributed by atoms with Crippen LogP contribution in [0, 0.1) is 10.1 Å². The Bertz CT molecular complexity index is 1280. The van der Waals surface area contributed by atoms with Crippen LogP contribution in [0.25, 0.3) is 5.69 Å². The van der Waals surface area contributed by atoms with Crippen molar-refractivity contribution in [3.63, 3.8) is 0 Å². The zero-order valence-electron chi connectivity index (χ0n) is 18.9. The number of hydrogen-bond acceptors (Lipinski definition) is 10. The molecular formula is C21H21N7O7S. The first kappa shape index (κ1) is 24.9. The molecule has 3 aromatic rings. The minimum atomic E-state index is -1.58. The van der Waals surface area contributed by atoms with Crippen LogP contribution in [0.1, 0.15) is 24.7 Å². The fraction of sp³-hybridized carbons (Fsp3) is 0.333. The lowest BCUT2D eigenvalue weighted by atomic mass is 10.0. The molecule has 15 heteroatoms. The van der Waals surface area contributed by atoms with Crippen molar-refractivity contribution in [3.05, 3.63) is 62.9 Å². The molecule has 1 aliphatic heterocycles. The number of epoxide rings is 1. The number of benzene rings is 1. The SMILES string of the molecule is CCC1(C(=O)O)OC1C(=O)N[C@@H](Cc1cscn1)C(=O)NCc1cn(-c2ccc([N+](=O)[O-])cc2)nn1. The van der Waals surface area contributed by atoms with Gasteiger partial charge in [0, 0.05) is 23.9 Å². The maximum atomic E-state index is 12.9. The molecule has 3 heterocycles. The largest absolute Gasteiger partial charge is 0.479 e. The van der Waals surface area contributed by atoms with E-state index in [0.29, 0.717) is 17.1 Å². The highest BCUT2D eigenvalue weighted by atomic mass is 32.1. The summed E-state index contributed by atoms with van der Waals surface area (Å²) >= 11 is 1.34. The number of aromatic nitrogens is 4. The summed E-state index contributed by atoms with van der Waals surface area (Å²) in [6.07, 6.45) is 0.562. The fourth-order valence-electron chi connectivity index (χ4n) is 3.56. The number of nitrogens with zero attached hydrogens (tertiary/aromatic N) is 5. The van der Waals surface area contributed by atoms with E-state index in [9.17, 15) is 29.6 Å². The second-order valence-corrected chi connectivity index (χ2v) is 8.66. The zero-order valence-corrected chi connectivity index (χ0v) is 19.7. The molecule has 1 saturated heterocycles. The topological polar surface area (TPSA) is 195 Å². The van der Waals surface area contributed by atoms with Crippen molar-refractivity contribution in [2.45, 2.75) is 44.1 Å². The van der Waals surface area contributed by atoms with Gasteiger partial charge in [-0.15, -0.1) is 16.4 Å². The van der Waals surface area contributed by atoms with Crippen molar-refractivity contribution in [3.8, 4) is 5.69 Å². The highest BCUT2D eigenvalue weighted by Crippen LogP contribution is 2.40. The molecule has 2 aromatic heterocycles. The Morgan fingerprint density at radius 3 is 2.64 bits per heavy atom. The molecule has 188 valence electrons. The molecule has 0 radical (unpaired) electrons. The summed E-state index contributed by atoms with van der Waals surface area (Å²) in [4.78, 5) is 51.5. The van der Waals surface area contributed by atoms with Gasteiger partial charge in [0.1, 0.15) is 11.7 Å². The minimum absolute atomic E-state index is 0.0107. The number of hydrogen-bond donors (Lipinski definition) is 3. The smallest absolute Gasteiger partial charge is 0.339 e. The third kappa shape index (κ3) is 5.21. The van der Waals surface area contributed by atoms with Gasteiger partial charge in [0.15, 0.2) is 6.10 Å². The van der Waals surface area contributed by atoms with Crippen LogP contribution in [0.5, 0.6) is 0 Å². The van der Waals surface area contributed by atoms with Crippen molar-refractivity contribution in [2.24, 2.45) is 0 Å². The molecule has 36 heavy (non-hydrogen) atoms. The van der Waals surface area contributed by atoms with Gasteiger partial charge in [-0.2, -0.15) is 0 Å². The molecule has 3 N–H and O–H groups in total. The number of carbonyl (C=O) groups excluding carboxylic acids is 2. The van der Waals surface area contributed by atoms with Gasteiger partial charge < -0.3 is 20.5 Å². The summed E-state index contributed by atoms with van der Waals surface area (Å²) in [5.74, 6) is -2.46. The van der Waals surface area contributed by atoms with E-state index in [-0.39, 0.29) is 25.1 Å². The highest BCUT2D eigenvalue weighted by molar-refractivity contribution is 7.07.